The molecule has 0 spiro atoms. The molecule has 1 aliphatic heterocycles. The summed E-state index contributed by atoms with van der Waals surface area (Å²) < 4.78 is 11.8. The van der Waals surface area contributed by atoms with Crippen molar-refractivity contribution in [1.29, 1.82) is 0 Å². The summed E-state index contributed by atoms with van der Waals surface area (Å²) in [4.78, 5) is 22.6. The van der Waals surface area contributed by atoms with Crippen LogP contribution in [0.2, 0.25) is 0 Å². The Morgan fingerprint density at radius 1 is 1.19 bits per heavy atom. The lowest BCUT2D eigenvalue weighted by Gasteiger charge is -2.28. The van der Waals surface area contributed by atoms with E-state index in [0.717, 1.165) is 77.1 Å². The van der Waals surface area contributed by atoms with Gasteiger partial charge in [0.1, 0.15) is 5.75 Å². The van der Waals surface area contributed by atoms with Crippen LogP contribution in [0.3, 0.4) is 0 Å². The molecule has 1 saturated heterocycles. The summed E-state index contributed by atoms with van der Waals surface area (Å²) in [6.07, 6.45) is 0.885. The zero-order valence-electron chi connectivity index (χ0n) is 18.4. The van der Waals surface area contributed by atoms with E-state index in [2.05, 4.69) is 11.0 Å². The maximum Gasteiger partial charge on any atom is 0.260 e. The van der Waals surface area contributed by atoms with Gasteiger partial charge >= 0.3 is 0 Å². The third kappa shape index (κ3) is 5.06. The molecule has 0 bridgehead atoms. The molecule has 3 aromatic rings. The number of anilines is 1. The van der Waals surface area contributed by atoms with Gasteiger partial charge in [-0.25, -0.2) is 4.98 Å². The summed E-state index contributed by atoms with van der Waals surface area (Å²) in [7, 11) is 1.65. The molecule has 164 valence electrons. The maximum absolute atomic E-state index is 13.6. The van der Waals surface area contributed by atoms with E-state index in [9.17, 15) is 4.79 Å². The van der Waals surface area contributed by atoms with Crippen molar-refractivity contribution in [2.45, 2.75) is 20.3 Å². The minimum absolute atomic E-state index is 0.00509. The molecular weight excluding hydrogens is 410 g/mol. The fourth-order valence-corrected chi connectivity index (χ4v) is 4.87. The number of rotatable bonds is 7. The van der Waals surface area contributed by atoms with E-state index in [4.69, 9.17) is 14.5 Å². The summed E-state index contributed by atoms with van der Waals surface area (Å²) in [5, 5.41) is 0.732. The third-order valence-electron chi connectivity index (χ3n) is 5.63. The van der Waals surface area contributed by atoms with Crippen LogP contribution in [0, 0.1) is 13.8 Å². The zero-order chi connectivity index (χ0) is 21.8. The van der Waals surface area contributed by atoms with E-state index in [1.54, 1.807) is 18.4 Å². The highest BCUT2D eigenvalue weighted by molar-refractivity contribution is 7.22. The van der Waals surface area contributed by atoms with Gasteiger partial charge in [-0.2, -0.15) is 0 Å². The lowest BCUT2D eigenvalue weighted by Crippen LogP contribution is -2.39. The highest BCUT2D eigenvalue weighted by atomic mass is 32.1. The van der Waals surface area contributed by atoms with Crippen molar-refractivity contribution >= 4 is 32.6 Å². The van der Waals surface area contributed by atoms with Crippen LogP contribution >= 0.6 is 11.3 Å². The normalized spacial score (nSPS) is 14.7. The van der Waals surface area contributed by atoms with Crippen LogP contribution in [-0.4, -0.2) is 62.3 Å². The number of morpholine rings is 1. The number of aryl methyl sites for hydroxylation is 2. The van der Waals surface area contributed by atoms with E-state index in [1.807, 2.05) is 49.1 Å². The third-order valence-corrected chi connectivity index (χ3v) is 6.69. The quantitative estimate of drug-likeness (QED) is 0.550. The maximum atomic E-state index is 13.6. The Hall–Kier alpha value is -2.48. The first kappa shape index (κ1) is 21.7. The number of benzene rings is 2. The van der Waals surface area contributed by atoms with Crippen LogP contribution in [0.4, 0.5) is 5.13 Å². The number of carbonyl (C=O) groups excluding carboxylic acids is 1. The molecule has 1 aliphatic rings. The molecule has 2 heterocycles. The molecule has 0 radical (unpaired) electrons. The second-order valence-corrected chi connectivity index (χ2v) is 8.92. The number of hydrogen-bond acceptors (Lipinski definition) is 6. The van der Waals surface area contributed by atoms with Gasteiger partial charge in [0.05, 0.1) is 30.5 Å². The van der Waals surface area contributed by atoms with Crippen LogP contribution in [-0.2, 0) is 4.74 Å². The predicted molar refractivity (Wildman–Crippen MR) is 126 cm³/mol. The molecule has 0 aliphatic carbocycles. The van der Waals surface area contributed by atoms with Gasteiger partial charge in [0.15, 0.2) is 5.13 Å². The standard InChI is InChI=1S/C24H29N3O3S/c1-17-5-7-20(18(2)15-17)23(28)27(10-4-9-26-11-13-30-14-12-26)24-25-21-16-19(29-3)6-8-22(21)31-24/h5-8,15-16H,4,9-14H2,1-3H3. The first-order valence-electron chi connectivity index (χ1n) is 10.7. The summed E-state index contributed by atoms with van der Waals surface area (Å²) in [5.41, 5.74) is 3.73. The summed E-state index contributed by atoms with van der Waals surface area (Å²) in [6, 6.07) is 11.8. The van der Waals surface area contributed by atoms with Crippen LogP contribution < -0.4 is 9.64 Å². The molecule has 0 atom stereocenters. The number of hydrogen-bond donors (Lipinski definition) is 0. The smallest absolute Gasteiger partial charge is 0.260 e. The second kappa shape index (κ2) is 9.77. The average molecular weight is 440 g/mol. The number of carbonyl (C=O) groups is 1. The molecule has 1 amide bonds. The van der Waals surface area contributed by atoms with Crippen LogP contribution in [0.1, 0.15) is 27.9 Å². The van der Waals surface area contributed by atoms with Gasteiger partial charge in [-0.05, 0) is 44.0 Å². The van der Waals surface area contributed by atoms with E-state index in [-0.39, 0.29) is 5.91 Å². The van der Waals surface area contributed by atoms with E-state index in [0.29, 0.717) is 6.54 Å². The molecule has 0 unspecified atom stereocenters. The number of thiazole rings is 1. The van der Waals surface area contributed by atoms with Crippen molar-refractivity contribution in [2.24, 2.45) is 0 Å². The zero-order valence-corrected chi connectivity index (χ0v) is 19.2. The molecule has 0 saturated carbocycles. The molecule has 31 heavy (non-hydrogen) atoms. The molecule has 7 heteroatoms. The van der Waals surface area contributed by atoms with Gasteiger partial charge in [-0.1, -0.05) is 29.0 Å². The van der Waals surface area contributed by atoms with Crippen molar-refractivity contribution < 1.29 is 14.3 Å². The Morgan fingerprint density at radius 3 is 2.74 bits per heavy atom. The van der Waals surface area contributed by atoms with Crippen LogP contribution in [0.25, 0.3) is 10.2 Å². The Balaban J connectivity index is 1.60. The topological polar surface area (TPSA) is 54.9 Å². The lowest BCUT2D eigenvalue weighted by molar-refractivity contribution is 0.0376. The Bertz CT molecular complexity index is 1060. The first-order chi connectivity index (χ1) is 15.0. The largest absolute Gasteiger partial charge is 0.497 e. The monoisotopic (exact) mass is 439 g/mol. The molecule has 2 aromatic carbocycles. The number of nitrogens with zero attached hydrogens (tertiary/aromatic N) is 3. The minimum atomic E-state index is 0.00509. The summed E-state index contributed by atoms with van der Waals surface area (Å²) in [6.45, 7) is 9.07. The van der Waals surface area contributed by atoms with E-state index in [1.165, 1.54) is 0 Å². The highest BCUT2D eigenvalue weighted by Gasteiger charge is 2.23. The van der Waals surface area contributed by atoms with Crippen molar-refractivity contribution in [3.8, 4) is 5.75 Å². The molecular formula is C24H29N3O3S. The molecule has 0 N–H and O–H groups in total. The van der Waals surface area contributed by atoms with Crippen molar-refractivity contribution in [2.75, 3.05) is 51.4 Å². The first-order valence-corrected chi connectivity index (χ1v) is 11.5. The number of aromatic nitrogens is 1. The van der Waals surface area contributed by atoms with Crippen molar-refractivity contribution in [3.05, 3.63) is 53.1 Å². The number of ether oxygens (including phenoxy) is 2. The molecule has 1 fully saturated rings. The number of fused-ring (bicyclic) bond motifs is 1. The Kier molecular flexibility index (Phi) is 6.85. The van der Waals surface area contributed by atoms with Gasteiger partial charge in [0.2, 0.25) is 0 Å². The van der Waals surface area contributed by atoms with Gasteiger partial charge in [0.25, 0.3) is 5.91 Å². The van der Waals surface area contributed by atoms with Crippen LogP contribution in [0.15, 0.2) is 36.4 Å². The van der Waals surface area contributed by atoms with Gasteiger partial charge in [-0.15, -0.1) is 0 Å². The lowest BCUT2D eigenvalue weighted by atomic mass is 10.0. The van der Waals surface area contributed by atoms with Crippen molar-refractivity contribution in [1.82, 2.24) is 9.88 Å². The van der Waals surface area contributed by atoms with Gasteiger partial charge in [-0.3, -0.25) is 14.6 Å². The fourth-order valence-electron chi connectivity index (χ4n) is 3.90. The Labute approximate surface area is 187 Å². The summed E-state index contributed by atoms with van der Waals surface area (Å²) in [5.74, 6) is 0.773. The van der Waals surface area contributed by atoms with Crippen molar-refractivity contribution in [3.63, 3.8) is 0 Å². The summed E-state index contributed by atoms with van der Waals surface area (Å²) >= 11 is 1.55. The average Bonchev–Trinajstić information content (AvgIpc) is 3.20. The molecule has 4 rings (SSSR count). The predicted octanol–water partition coefficient (Wildman–Crippen LogP) is 4.29. The molecule has 6 nitrogen and oxygen atoms in total. The van der Waals surface area contributed by atoms with E-state index >= 15 is 0 Å². The highest BCUT2D eigenvalue weighted by Crippen LogP contribution is 2.32. The SMILES string of the molecule is COc1ccc2sc(N(CCCN3CCOCC3)C(=O)c3ccc(C)cc3C)nc2c1. The van der Waals surface area contributed by atoms with Gasteiger partial charge in [0, 0.05) is 37.8 Å². The van der Waals surface area contributed by atoms with Crippen LogP contribution in [0.5, 0.6) is 5.75 Å². The van der Waals surface area contributed by atoms with E-state index < -0.39 is 0 Å². The number of methoxy groups -OCH3 is 1. The second-order valence-electron chi connectivity index (χ2n) is 7.91. The minimum Gasteiger partial charge on any atom is -0.497 e. The van der Waals surface area contributed by atoms with Gasteiger partial charge < -0.3 is 9.47 Å². The molecule has 1 aromatic heterocycles. The fraction of sp³-hybridized carbons (Fsp3) is 0.417. The Morgan fingerprint density at radius 2 is 2.00 bits per heavy atom. The number of amides is 1.